The first-order valence-corrected chi connectivity index (χ1v) is 5.84. The molecule has 0 fully saturated rings. The van der Waals surface area contributed by atoms with Crippen molar-refractivity contribution in [1.82, 2.24) is 4.98 Å². The molecule has 1 aromatic heterocycles. The van der Waals surface area contributed by atoms with Crippen LogP contribution in [-0.4, -0.2) is 29.1 Å². The lowest BCUT2D eigenvalue weighted by atomic mass is 10.1. The highest BCUT2D eigenvalue weighted by Crippen LogP contribution is 2.18. The molecule has 0 atom stereocenters. The van der Waals surface area contributed by atoms with E-state index in [9.17, 15) is 9.59 Å². The van der Waals surface area contributed by atoms with Crippen molar-refractivity contribution in [3.63, 3.8) is 0 Å². The van der Waals surface area contributed by atoms with Gasteiger partial charge in [-0.15, -0.1) is 0 Å². The molecule has 0 aliphatic rings. The lowest BCUT2D eigenvalue weighted by molar-refractivity contribution is 0.00584. The molecule has 0 unspecified atom stereocenters. The average Bonchev–Trinajstić information content (AvgIpc) is 2.58. The van der Waals surface area contributed by atoms with Crippen LogP contribution in [0.2, 0.25) is 0 Å². The number of ether oxygens (including phenoxy) is 2. The number of aromatic amines is 1. The van der Waals surface area contributed by atoms with E-state index in [2.05, 4.69) is 4.98 Å². The highest BCUT2D eigenvalue weighted by molar-refractivity contribution is 6.03. The van der Waals surface area contributed by atoms with Gasteiger partial charge in [-0.3, -0.25) is 0 Å². The molecular weight excluding hydrogens is 234 g/mol. The van der Waals surface area contributed by atoms with Gasteiger partial charge in [0, 0.05) is 6.20 Å². The number of nitrogens with one attached hydrogen (secondary N) is 1. The molecule has 0 spiro atoms. The van der Waals surface area contributed by atoms with Crippen LogP contribution in [0.15, 0.2) is 6.20 Å². The molecule has 1 heterocycles. The van der Waals surface area contributed by atoms with E-state index in [-0.39, 0.29) is 17.9 Å². The third-order valence-electron chi connectivity index (χ3n) is 2.16. The predicted molar refractivity (Wildman–Crippen MR) is 66.7 cm³/mol. The minimum atomic E-state index is -0.609. The summed E-state index contributed by atoms with van der Waals surface area (Å²) < 4.78 is 10.1. The Morgan fingerprint density at radius 3 is 2.39 bits per heavy atom. The van der Waals surface area contributed by atoms with Crippen LogP contribution in [0.5, 0.6) is 0 Å². The van der Waals surface area contributed by atoms with Crippen molar-refractivity contribution in [3.05, 3.63) is 23.0 Å². The Hall–Kier alpha value is -1.78. The van der Waals surface area contributed by atoms with E-state index < -0.39 is 17.5 Å². The van der Waals surface area contributed by atoms with Crippen LogP contribution in [0.1, 0.15) is 54.1 Å². The summed E-state index contributed by atoms with van der Waals surface area (Å²) in [5.74, 6) is -1.07. The third kappa shape index (κ3) is 3.35. The molecule has 5 heteroatoms. The largest absolute Gasteiger partial charge is 0.462 e. The second-order valence-corrected chi connectivity index (χ2v) is 4.94. The molecule has 0 amide bonds. The van der Waals surface area contributed by atoms with E-state index in [0.717, 1.165) is 0 Å². The zero-order valence-corrected chi connectivity index (χ0v) is 11.4. The lowest BCUT2D eigenvalue weighted by Gasteiger charge is -2.19. The molecule has 1 rings (SSSR count). The summed E-state index contributed by atoms with van der Waals surface area (Å²) in [6, 6.07) is 0. The Kier molecular flexibility index (Phi) is 4.16. The average molecular weight is 253 g/mol. The number of rotatable bonds is 3. The monoisotopic (exact) mass is 253 g/mol. The van der Waals surface area contributed by atoms with Crippen molar-refractivity contribution in [1.29, 1.82) is 0 Å². The first kappa shape index (κ1) is 14.3. The highest BCUT2D eigenvalue weighted by Gasteiger charge is 2.26. The minimum Gasteiger partial charge on any atom is -0.462 e. The van der Waals surface area contributed by atoms with Gasteiger partial charge in [0.1, 0.15) is 11.3 Å². The molecule has 0 aliphatic heterocycles. The van der Waals surface area contributed by atoms with Crippen molar-refractivity contribution >= 4 is 11.9 Å². The van der Waals surface area contributed by atoms with Gasteiger partial charge in [0.15, 0.2) is 0 Å². The van der Waals surface area contributed by atoms with Gasteiger partial charge < -0.3 is 14.5 Å². The minimum absolute atomic E-state index is 0.140. The molecule has 1 N–H and O–H groups in total. The zero-order valence-electron chi connectivity index (χ0n) is 11.4. The van der Waals surface area contributed by atoms with Gasteiger partial charge in [0.2, 0.25) is 0 Å². The van der Waals surface area contributed by atoms with Gasteiger partial charge in [-0.25, -0.2) is 9.59 Å². The number of carbonyl (C=O) groups excluding carboxylic acids is 2. The number of hydrogen-bond acceptors (Lipinski definition) is 4. The quantitative estimate of drug-likeness (QED) is 0.840. The van der Waals surface area contributed by atoms with Crippen LogP contribution < -0.4 is 0 Å². The van der Waals surface area contributed by atoms with Crippen LogP contribution in [0.3, 0.4) is 0 Å². The molecule has 0 aliphatic carbocycles. The van der Waals surface area contributed by atoms with Crippen LogP contribution in [0, 0.1) is 6.92 Å². The number of carbonyl (C=O) groups is 2. The molecule has 0 saturated heterocycles. The van der Waals surface area contributed by atoms with E-state index in [1.54, 1.807) is 40.8 Å². The fraction of sp³-hybridized carbons (Fsp3) is 0.538. The van der Waals surface area contributed by atoms with Crippen molar-refractivity contribution in [2.75, 3.05) is 6.61 Å². The first-order chi connectivity index (χ1) is 8.26. The summed E-state index contributed by atoms with van der Waals surface area (Å²) in [4.78, 5) is 26.5. The van der Waals surface area contributed by atoms with Gasteiger partial charge in [-0.05, 0) is 40.2 Å². The van der Waals surface area contributed by atoms with Crippen LogP contribution in [-0.2, 0) is 9.47 Å². The zero-order chi connectivity index (χ0) is 13.9. The second kappa shape index (κ2) is 5.25. The maximum atomic E-state index is 11.9. The summed E-state index contributed by atoms with van der Waals surface area (Å²) in [5.41, 5.74) is 0.434. The van der Waals surface area contributed by atoms with Gasteiger partial charge in [-0.2, -0.15) is 0 Å². The van der Waals surface area contributed by atoms with Gasteiger partial charge in [0.25, 0.3) is 0 Å². The lowest BCUT2D eigenvalue weighted by Crippen LogP contribution is -2.25. The van der Waals surface area contributed by atoms with Crippen LogP contribution in [0.4, 0.5) is 0 Å². The topological polar surface area (TPSA) is 68.4 Å². The molecule has 1 aromatic rings. The molecule has 5 nitrogen and oxygen atoms in total. The molecule has 0 bridgehead atoms. The van der Waals surface area contributed by atoms with Crippen molar-refractivity contribution in [2.24, 2.45) is 0 Å². The normalized spacial score (nSPS) is 11.2. The number of aryl methyl sites for hydroxylation is 1. The summed E-state index contributed by atoms with van der Waals surface area (Å²) >= 11 is 0. The Labute approximate surface area is 106 Å². The van der Waals surface area contributed by atoms with E-state index >= 15 is 0 Å². The SMILES string of the molecule is CCOC(=O)c1c(C)c[nH]c1C(=O)OC(C)(C)C. The van der Waals surface area contributed by atoms with E-state index in [0.29, 0.717) is 5.56 Å². The Bertz CT molecular complexity index is 454. The molecular formula is C13H19NO4. The van der Waals surface area contributed by atoms with Crippen molar-refractivity contribution in [2.45, 2.75) is 40.2 Å². The van der Waals surface area contributed by atoms with Gasteiger partial charge in [0.05, 0.1) is 12.2 Å². The van der Waals surface area contributed by atoms with E-state index in [4.69, 9.17) is 9.47 Å². The molecule has 18 heavy (non-hydrogen) atoms. The fourth-order valence-corrected chi connectivity index (χ4v) is 1.48. The fourth-order valence-electron chi connectivity index (χ4n) is 1.48. The second-order valence-electron chi connectivity index (χ2n) is 4.94. The first-order valence-electron chi connectivity index (χ1n) is 5.84. The predicted octanol–water partition coefficient (Wildman–Crippen LogP) is 2.46. The summed E-state index contributed by atoms with van der Waals surface area (Å²) in [7, 11) is 0. The molecule has 0 aromatic carbocycles. The maximum Gasteiger partial charge on any atom is 0.356 e. The van der Waals surface area contributed by atoms with Crippen molar-refractivity contribution in [3.8, 4) is 0 Å². The maximum absolute atomic E-state index is 11.9. The Morgan fingerprint density at radius 1 is 1.28 bits per heavy atom. The van der Waals surface area contributed by atoms with Crippen LogP contribution >= 0.6 is 0 Å². The van der Waals surface area contributed by atoms with E-state index in [1.807, 2.05) is 0 Å². The number of aromatic nitrogens is 1. The summed E-state index contributed by atoms with van der Waals surface area (Å²) in [6.07, 6.45) is 1.59. The van der Waals surface area contributed by atoms with Crippen LogP contribution in [0.25, 0.3) is 0 Å². The van der Waals surface area contributed by atoms with Gasteiger partial charge >= 0.3 is 11.9 Å². The number of hydrogen-bond donors (Lipinski definition) is 1. The van der Waals surface area contributed by atoms with Crippen molar-refractivity contribution < 1.29 is 19.1 Å². The summed E-state index contributed by atoms with van der Waals surface area (Å²) in [6.45, 7) is 9.01. The van der Waals surface area contributed by atoms with E-state index in [1.165, 1.54) is 0 Å². The standard InChI is InChI=1S/C13H19NO4/c1-6-17-11(15)9-8(2)7-14-10(9)12(16)18-13(3,4)5/h7,14H,6H2,1-5H3. The smallest absolute Gasteiger partial charge is 0.356 e. The summed E-state index contributed by atoms with van der Waals surface area (Å²) in [5, 5.41) is 0. The third-order valence-corrected chi connectivity index (χ3v) is 2.16. The highest BCUT2D eigenvalue weighted by atomic mass is 16.6. The number of esters is 2. The Balaban J connectivity index is 3.04. The molecule has 0 radical (unpaired) electrons. The molecule has 100 valence electrons. The Morgan fingerprint density at radius 2 is 1.89 bits per heavy atom. The number of H-pyrrole nitrogens is 1. The molecule has 0 saturated carbocycles. The van der Waals surface area contributed by atoms with Gasteiger partial charge in [-0.1, -0.05) is 0 Å².